The van der Waals surface area contributed by atoms with E-state index in [2.05, 4.69) is 50.1 Å². The molecule has 14 heavy (non-hydrogen) atoms. The van der Waals surface area contributed by atoms with Gasteiger partial charge in [-0.2, -0.15) is 0 Å². The fraction of sp³-hybridized carbons (Fsp3) is 0.385. The Morgan fingerprint density at radius 3 is 2.21 bits per heavy atom. The summed E-state index contributed by atoms with van der Waals surface area (Å²) in [6.45, 7) is 7.71. The molecule has 0 spiro atoms. The molecule has 0 fully saturated rings. The summed E-state index contributed by atoms with van der Waals surface area (Å²) in [4.78, 5) is 2.38. The van der Waals surface area contributed by atoms with Gasteiger partial charge in [-0.25, -0.2) is 0 Å². The maximum Gasteiger partial charge on any atom is 0.0465 e. The van der Waals surface area contributed by atoms with Gasteiger partial charge in [-0.1, -0.05) is 23.8 Å². The monoisotopic (exact) mass is 187 g/mol. The first-order valence-corrected chi connectivity index (χ1v) is 5.18. The van der Waals surface area contributed by atoms with E-state index in [0.717, 1.165) is 6.54 Å². The van der Waals surface area contributed by atoms with E-state index in [-0.39, 0.29) is 0 Å². The highest BCUT2D eigenvalue weighted by Gasteiger charge is 2.14. The van der Waals surface area contributed by atoms with Crippen molar-refractivity contribution in [2.45, 2.75) is 27.2 Å². The maximum atomic E-state index is 2.38. The van der Waals surface area contributed by atoms with Crippen LogP contribution < -0.4 is 4.90 Å². The van der Waals surface area contributed by atoms with Gasteiger partial charge in [0.05, 0.1) is 0 Å². The molecule has 2 rings (SSSR count). The lowest BCUT2D eigenvalue weighted by molar-refractivity contribution is 0.967. The van der Waals surface area contributed by atoms with Crippen molar-refractivity contribution in [3.05, 3.63) is 41.1 Å². The molecule has 0 N–H and O–H groups in total. The van der Waals surface area contributed by atoms with Gasteiger partial charge in [0.1, 0.15) is 0 Å². The van der Waals surface area contributed by atoms with Gasteiger partial charge in [0.25, 0.3) is 0 Å². The van der Waals surface area contributed by atoms with Crippen molar-refractivity contribution in [1.82, 2.24) is 0 Å². The minimum atomic E-state index is 1.14. The van der Waals surface area contributed by atoms with Crippen molar-refractivity contribution in [3.8, 4) is 0 Å². The fourth-order valence-corrected chi connectivity index (χ4v) is 2.13. The molecule has 1 aromatic carbocycles. The van der Waals surface area contributed by atoms with Gasteiger partial charge >= 0.3 is 0 Å². The number of hydrogen-bond acceptors (Lipinski definition) is 1. The van der Waals surface area contributed by atoms with Crippen molar-refractivity contribution < 1.29 is 0 Å². The zero-order valence-corrected chi connectivity index (χ0v) is 9.17. The summed E-state index contributed by atoms with van der Waals surface area (Å²) in [7, 11) is 0. The Morgan fingerprint density at radius 1 is 1.07 bits per heavy atom. The Hall–Kier alpha value is -1.24. The van der Waals surface area contributed by atoms with E-state index >= 15 is 0 Å². The van der Waals surface area contributed by atoms with Crippen molar-refractivity contribution in [1.29, 1.82) is 0 Å². The average Bonchev–Trinajstić information content (AvgIpc) is 2.51. The molecular weight excluding hydrogens is 170 g/mol. The Labute approximate surface area is 86.1 Å². The van der Waals surface area contributed by atoms with Crippen molar-refractivity contribution in [3.63, 3.8) is 0 Å². The van der Waals surface area contributed by atoms with Gasteiger partial charge in [-0.3, -0.25) is 0 Å². The minimum absolute atomic E-state index is 1.14. The normalized spacial score (nSPS) is 15.9. The van der Waals surface area contributed by atoms with Crippen LogP contribution in [0.4, 0.5) is 5.69 Å². The molecule has 0 atom stereocenters. The molecule has 0 saturated carbocycles. The molecule has 0 unspecified atom stereocenters. The van der Waals surface area contributed by atoms with Gasteiger partial charge in [0.15, 0.2) is 0 Å². The highest BCUT2D eigenvalue weighted by atomic mass is 15.1. The number of hydrogen-bond donors (Lipinski definition) is 0. The van der Waals surface area contributed by atoms with Crippen LogP contribution in [-0.2, 0) is 0 Å². The lowest BCUT2D eigenvalue weighted by Crippen LogP contribution is -2.14. The molecule has 1 aromatic rings. The first-order chi connectivity index (χ1) is 6.68. The van der Waals surface area contributed by atoms with E-state index in [0.29, 0.717) is 0 Å². The van der Waals surface area contributed by atoms with E-state index in [9.17, 15) is 0 Å². The van der Waals surface area contributed by atoms with Crippen LogP contribution in [0.25, 0.3) is 0 Å². The number of rotatable bonds is 1. The van der Waals surface area contributed by atoms with Gasteiger partial charge in [0.2, 0.25) is 0 Å². The Morgan fingerprint density at radius 2 is 1.71 bits per heavy atom. The SMILES string of the molecule is CC1=CN(c2c(C)cccc2C)CC1. The van der Waals surface area contributed by atoms with Crippen LogP contribution in [-0.4, -0.2) is 6.54 Å². The minimum Gasteiger partial charge on any atom is -0.347 e. The summed E-state index contributed by atoms with van der Waals surface area (Å²) in [6.07, 6.45) is 3.48. The van der Waals surface area contributed by atoms with Gasteiger partial charge in [-0.15, -0.1) is 0 Å². The average molecular weight is 187 g/mol. The molecule has 0 amide bonds. The third-order valence-corrected chi connectivity index (χ3v) is 2.85. The van der Waals surface area contributed by atoms with Gasteiger partial charge in [-0.05, 0) is 38.3 Å². The molecule has 0 saturated heterocycles. The second-order valence-corrected chi connectivity index (χ2v) is 4.16. The van der Waals surface area contributed by atoms with Crippen molar-refractivity contribution >= 4 is 5.69 Å². The van der Waals surface area contributed by atoms with Crippen molar-refractivity contribution in [2.24, 2.45) is 0 Å². The summed E-state index contributed by atoms with van der Waals surface area (Å²) >= 11 is 0. The number of nitrogens with zero attached hydrogens (tertiary/aromatic N) is 1. The van der Waals surface area contributed by atoms with Crippen LogP contribution in [0.2, 0.25) is 0 Å². The smallest absolute Gasteiger partial charge is 0.0465 e. The summed E-state index contributed by atoms with van der Waals surface area (Å²) in [5.74, 6) is 0. The first kappa shape index (κ1) is 9.32. The van der Waals surface area contributed by atoms with E-state index in [1.807, 2.05) is 0 Å². The molecule has 1 nitrogen and oxygen atoms in total. The van der Waals surface area contributed by atoms with E-state index < -0.39 is 0 Å². The third kappa shape index (κ3) is 1.54. The van der Waals surface area contributed by atoms with E-state index in [4.69, 9.17) is 0 Å². The summed E-state index contributed by atoms with van der Waals surface area (Å²) in [5, 5.41) is 0. The standard InChI is InChI=1S/C13H17N/c1-10-7-8-14(9-10)13-11(2)5-4-6-12(13)3/h4-6,9H,7-8H2,1-3H3. The highest BCUT2D eigenvalue weighted by Crippen LogP contribution is 2.28. The predicted octanol–water partition coefficient (Wildman–Crippen LogP) is 3.42. The van der Waals surface area contributed by atoms with Crippen LogP contribution in [0.1, 0.15) is 24.5 Å². The zero-order chi connectivity index (χ0) is 10.1. The number of anilines is 1. The van der Waals surface area contributed by atoms with Crippen LogP contribution in [0.15, 0.2) is 30.0 Å². The quantitative estimate of drug-likeness (QED) is 0.651. The fourth-order valence-electron chi connectivity index (χ4n) is 2.13. The third-order valence-electron chi connectivity index (χ3n) is 2.85. The first-order valence-electron chi connectivity index (χ1n) is 5.18. The van der Waals surface area contributed by atoms with Crippen LogP contribution in [0.3, 0.4) is 0 Å². The van der Waals surface area contributed by atoms with E-state index in [1.165, 1.54) is 28.8 Å². The summed E-state index contributed by atoms with van der Waals surface area (Å²) in [6, 6.07) is 6.49. The molecule has 1 heterocycles. The highest BCUT2D eigenvalue weighted by molar-refractivity contribution is 5.61. The van der Waals surface area contributed by atoms with Crippen LogP contribution in [0, 0.1) is 13.8 Å². The summed E-state index contributed by atoms with van der Waals surface area (Å²) < 4.78 is 0. The molecule has 1 heteroatoms. The predicted molar refractivity (Wildman–Crippen MR) is 61.6 cm³/mol. The number of para-hydroxylation sites is 1. The molecule has 74 valence electrons. The second-order valence-electron chi connectivity index (χ2n) is 4.16. The Balaban J connectivity index is 2.41. The molecule has 1 aliphatic heterocycles. The zero-order valence-electron chi connectivity index (χ0n) is 9.17. The molecule has 0 bridgehead atoms. The van der Waals surface area contributed by atoms with Gasteiger partial charge in [0, 0.05) is 18.4 Å². The van der Waals surface area contributed by atoms with Gasteiger partial charge < -0.3 is 4.90 Å². The topological polar surface area (TPSA) is 3.24 Å². The van der Waals surface area contributed by atoms with Crippen LogP contribution in [0.5, 0.6) is 0 Å². The van der Waals surface area contributed by atoms with E-state index in [1.54, 1.807) is 0 Å². The maximum absolute atomic E-state index is 2.38. The Kier molecular flexibility index (Phi) is 2.32. The largest absolute Gasteiger partial charge is 0.347 e. The second kappa shape index (κ2) is 3.49. The Bertz CT molecular complexity index is 357. The molecule has 1 aliphatic rings. The number of aryl methyl sites for hydroxylation is 2. The molecular formula is C13H17N. The molecule has 0 radical (unpaired) electrons. The van der Waals surface area contributed by atoms with Crippen molar-refractivity contribution in [2.75, 3.05) is 11.4 Å². The lowest BCUT2D eigenvalue weighted by Gasteiger charge is -2.20. The molecule has 0 aliphatic carbocycles. The molecule has 0 aromatic heterocycles. The number of benzene rings is 1. The summed E-state index contributed by atoms with van der Waals surface area (Å²) in [5.41, 5.74) is 5.61. The van der Waals surface area contributed by atoms with Crippen LogP contribution >= 0.6 is 0 Å². The lowest BCUT2D eigenvalue weighted by atomic mass is 10.1.